The summed E-state index contributed by atoms with van der Waals surface area (Å²) in [6, 6.07) is 6.60. The van der Waals surface area contributed by atoms with Crippen LogP contribution in [0.5, 0.6) is 0 Å². The number of carbonyl (C=O) groups excluding carboxylic acids is 2. The number of halogens is 3. The average molecular weight is 551 g/mol. The number of amides is 3. The predicted molar refractivity (Wildman–Crippen MR) is 133 cm³/mol. The van der Waals surface area contributed by atoms with E-state index in [1.54, 1.807) is 6.07 Å². The molecule has 2 aliphatic heterocycles. The molecule has 1 fully saturated rings. The molecule has 2 aromatic carbocycles. The van der Waals surface area contributed by atoms with Crippen LogP contribution in [0.4, 0.5) is 25.0 Å². The van der Waals surface area contributed by atoms with Crippen molar-refractivity contribution in [3.8, 4) is 0 Å². The Hall–Kier alpha value is -2.56. The summed E-state index contributed by atoms with van der Waals surface area (Å²) in [7, 11) is 0. The number of carbonyl (C=O) groups is 2. The van der Waals surface area contributed by atoms with Gasteiger partial charge >= 0.3 is 6.03 Å². The minimum atomic E-state index is -2.68. The Labute approximate surface area is 211 Å². The molecule has 0 aromatic heterocycles. The molecule has 35 heavy (non-hydrogen) atoms. The minimum absolute atomic E-state index is 0.00897. The number of nitrogens with zero attached hydrogens (tertiary/aromatic N) is 2. The van der Waals surface area contributed by atoms with E-state index in [4.69, 9.17) is 0 Å². The predicted octanol–water partition coefficient (Wildman–Crippen LogP) is 4.41. The zero-order valence-corrected chi connectivity index (χ0v) is 21.2. The fourth-order valence-electron chi connectivity index (χ4n) is 5.14. The van der Waals surface area contributed by atoms with Gasteiger partial charge in [0.2, 0.25) is 0 Å². The van der Waals surface area contributed by atoms with Crippen molar-refractivity contribution >= 4 is 39.2 Å². The molecule has 7 nitrogen and oxygen atoms in total. The second-order valence-corrected chi connectivity index (χ2v) is 10.4. The number of likely N-dealkylation sites (tertiary alicyclic amines) is 1. The molecule has 0 radical (unpaired) electrons. The van der Waals surface area contributed by atoms with Gasteiger partial charge in [0.05, 0.1) is 5.69 Å². The lowest BCUT2D eigenvalue weighted by molar-refractivity contribution is -0.140. The molecule has 3 atom stereocenters. The van der Waals surface area contributed by atoms with E-state index in [-0.39, 0.29) is 17.8 Å². The van der Waals surface area contributed by atoms with Crippen molar-refractivity contribution in [1.82, 2.24) is 10.2 Å². The second kappa shape index (κ2) is 10.2. The number of benzene rings is 2. The molecule has 0 bridgehead atoms. The molecule has 1 saturated heterocycles. The monoisotopic (exact) mass is 550 g/mol. The number of hydrogen-bond donors (Lipinski definition) is 3. The van der Waals surface area contributed by atoms with E-state index in [0.717, 1.165) is 37.8 Å². The lowest BCUT2D eigenvalue weighted by Gasteiger charge is -2.42. The Kier molecular flexibility index (Phi) is 7.44. The van der Waals surface area contributed by atoms with E-state index in [1.807, 2.05) is 0 Å². The maximum Gasteiger partial charge on any atom is 0.329 e. The highest BCUT2D eigenvalue weighted by atomic mass is 79.9. The van der Waals surface area contributed by atoms with Gasteiger partial charge in [-0.15, -0.1) is 0 Å². The van der Waals surface area contributed by atoms with Gasteiger partial charge in [0.15, 0.2) is 0 Å². The molecule has 2 aromatic rings. The van der Waals surface area contributed by atoms with E-state index < -0.39 is 35.0 Å². The van der Waals surface area contributed by atoms with Gasteiger partial charge in [-0.1, -0.05) is 35.8 Å². The number of rotatable bonds is 6. The van der Waals surface area contributed by atoms with E-state index in [2.05, 4.69) is 45.3 Å². The molecular weight excluding hydrogens is 522 g/mol. The van der Waals surface area contributed by atoms with Crippen LogP contribution >= 0.6 is 15.9 Å². The SMILES string of the molecule is C[C@H]1C[C@H](C)CN(CCCNC(=O)[C@]2(O)c3cc(Br)ccc3NC(=O)N2c2c(F)cccc2F)C1. The highest BCUT2D eigenvalue weighted by molar-refractivity contribution is 9.10. The fraction of sp³-hybridized carbons (Fsp3) is 0.440. The van der Waals surface area contributed by atoms with Gasteiger partial charge in [-0.3, -0.25) is 4.79 Å². The van der Waals surface area contributed by atoms with Gasteiger partial charge in [0, 0.05) is 29.7 Å². The molecule has 188 valence electrons. The van der Waals surface area contributed by atoms with Crippen molar-refractivity contribution in [3.05, 3.63) is 58.1 Å². The number of aliphatic hydroxyl groups is 1. The summed E-state index contributed by atoms with van der Waals surface area (Å²) in [5.74, 6) is -1.91. The maximum atomic E-state index is 14.7. The van der Waals surface area contributed by atoms with E-state index in [9.17, 15) is 23.5 Å². The molecule has 10 heteroatoms. The van der Waals surface area contributed by atoms with Crippen molar-refractivity contribution in [2.24, 2.45) is 11.8 Å². The van der Waals surface area contributed by atoms with Crippen LogP contribution in [0.3, 0.4) is 0 Å². The maximum absolute atomic E-state index is 14.7. The molecule has 3 N–H and O–H groups in total. The third kappa shape index (κ3) is 5.05. The first-order valence-corrected chi connectivity index (χ1v) is 12.5. The number of fused-ring (bicyclic) bond motifs is 1. The van der Waals surface area contributed by atoms with Crippen LogP contribution in [-0.2, 0) is 10.5 Å². The first-order chi connectivity index (χ1) is 16.6. The van der Waals surface area contributed by atoms with Crippen molar-refractivity contribution in [3.63, 3.8) is 0 Å². The van der Waals surface area contributed by atoms with E-state index in [0.29, 0.717) is 27.6 Å². The number of anilines is 2. The number of nitrogens with one attached hydrogen (secondary N) is 2. The topological polar surface area (TPSA) is 84.9 Å². The first kappa shape index (κ1) is 25.5. The Morgan fingerprint density at radius 1 is 1.20 bits per heavy atom. The van der Waals surface area contributed by atoms with E-state index >= 15 is 0 Å². The minimum Gasteiger partial charge on any atom is -0.359 e. The molecule has 4 rings (SSSR count). The quantitative estimate of drug-likeness (QED) is 0.465. The van der Waals surface area contributed by atoms with Crippen LogP contribution in [0.1, 0.15) is 32.3 Å². The van der Waals surface area contributed by atoms with Crippen LogP contribution in [0.15, 0.2) is 40.9 Å². The molecule has 2 aliphatic rings. The summed E-state index contributed by atoms with van der Waals surface area (Å²) in [6.45, 7) is 7.41. The summed E-state index contributed by atoms with van der Waals surface area (Å²) >= 11 is 3.30. The Bertz CT molecular complexity index is 1100. The molecule has 0 saturated carbocycles. The molecule has 0 unspecified atom stereocenters. The molecule has 0 spiro atoms. The lowest BCUT2D eigenvalue weighted by Crippen LogP contribution is -2.63. The second-order valence-electron chi connectivity index (χ2n) is 9.51. The van der Waals surface area contributed by atoms with Gasteiger partial charge in [-0.25, -0.2) is 18.5 Å². The summed E-state index contributed by atoms with van der Waals surface area (Å²) in [4.78, 5) is 29.2. The van der Waals surface area contributed by atoms with E-state index in [1.165, 1.54) is 18.6 Å². The van der Waals surface area contributed by atoms with Crippen molar-refractivity contribution in [2.75, 3.05) is 36.4 Å². The third-order valence-corrected chi connectivity index (χ3v) is 6.98. The highest BCUT2D eigenvalue weighted by Crippen LogP contribution is 2.42. The van der Waals surface area contributed by atoms with Crippen molar-refractivity contribution in [1.29, 1.82) is 0 Å². The summed E-state index contributed by atoms with van der Waals surface area (Å²) < 4.78 is 30.0. The third-order valence-electron chi connectivity index (χ3n) is 6.48. The van der Waals surface area contributed by atoms with Gasteiger partial charge in [0.25, 0.3) is 11.6 Å². The largest absolute Gasteiger partial charge is 0.359 e. The zero-order chi connectivity index (χ0) is 25.3. The normalized spacial score (nSPS) is 24.6. The van der Waals surface area contributed by atoms with Crippen molar-refractivity contribution in [2.45, 2.75) is 32.4 Å². The van der Waals surface area contributed by atoms with Crippen LogP contribution in [-0.4, -0.2) is 48.1 Å². The standard InChI is InChI=1S/C25H29BrF2N4O3/c1-15-11-16(2)14-31(13-15)10-4-9-29-23(33)25(35)18-12-17(26)7-8-21(18)30-24(34)32(25)22-19(27)5-3-6-20(22)28/h3,5-8,12,15-16,35H,4,9-11,13-14H2,1-2H3,(H,29,33)(H,30,34)/t15-,16-,25+/m0/s1. The van der Waals surface area contributed by atoms with Gasteiger partial charge in [0.1, 0.15) is 17.3 Å². The van der Waals surface area contributed by atoms with Crippen LogP contribution < -0.4 is 15.5 Å². The van der Waals surface area contributed by atoms with Gasteiger partial charge in [-0.2, -0.15) is 0 Å². The number of para-hydroxylation sites is 1. The Balaban J connectivity index is 1.60. The average Bonchev–Trinajstić information content (AvgIpc) is 2.78. The Morgan fingerprint density at radius 3 is 2.51 bits per heavy atom. The van der Waals surface area contributed by atoms with Gasteiger partial charge < -0.3 is 20.6 Å². The lowest BCUT2D eigenvalue weighted by atomic mass is 9.92. The molecule has 2 heterocycles. The summed E-state index contributed by atoms with van der Waals surface area (Å²) in [6.07, 6.45) is 1.81. The van der Waals surface area contributed by atoms with Crippen molar-refractivity contribution < 1.29 is 23.5 Å². The fourth-order valence-corrected chi connectivity index (χ4v) is 5.51. The summed E-state index contributed by atoms with van der Waals surface area (Å²) in [5.41, 5.74) is -3.34. The molecule has 3 amide bonds. The van der Waals surface area contributed by atoms with Gasteiger partial charge in [-0.05, 0) is 61.6 Å². The molecule has 0 aliphatic carbocycles. The smallest absolute Gasteiger partial charge is 0.329 e. The highest BCUT2D eigenvalue weighted by Gasteiger charge is 2.53. The molecular formula is C25H29BrF2N4O3. The van der Waals surface area contributed by atoms with Crippen LogP contribution in [0.2, 0.25) is 0 Å². The zero-order valence-electron chi connectivity index (χ0n) is 19.7. The number of piperidine rings is 1. The van der Waals surface area contributed by atoms with Crippen LogP contribution in [0, 0.1) is 23.5 Å². The van der Waals surface area contributed by atoms with Crippen LogP contribution in [0.25, 0.3) is 0 Å². The Morgan fingerprint density at radius 2 is 1.86 bits per heavy atom. The first-order valence-electron chi connectivity index (χ1n) is 11.7. The number of urea groups is 1. The number of hydrogen-bond acceptors (Lipinski definition) is 4. The summed E-state index contributed by atoms with van der Waals surface area (Å²) in [5, 5.41) is 16.9.